The number of ether oxygens (including phenoxy) is 2. The quantitative estimate of drug-likeness (QED) is 0.467. The van der Waals surface area contributed by atoms with Crippen molar-refractivity contribution in [1.29, 1.82) is 0 Å². The lowest BCUT2D eigenvalue weighted by molar-refractivity contribution is 0.0310. The number of methoxy groups -OCH3 is 1. The van der Waals surface area contributed by atoms with Crippen molar-refractivity contribution < 1.29 is 14.3 Å². The molecular weight excluding hydrogens is 356 g/mol. The second-order valence-electron chi connectivity index (χ2n) is 8.15. The molecule has 7 heteroatoms. The highest BCUT2D eigenvalue weighted by Gasteiger charge is 2.21. The van der Waals surface area contributed by atoms with Gasteiger partial charge >= 0.3 is 6.09 Å². The zero-order valence-electron chi connectivity index (χ0n) is 18.3. The van der Waals surface area contributed by atoms with Crippen molar-refractivity contribution in [3.05, 3.63) is 35.9 Å². The van der Waals surface area contributed by atoms with Gasteiger partial charge in [-0.1, -0.05) is 30.3 Å². The molecule has 0 aliphatic heterocycles. The highest BCUT2D eigenvalue weighted by atomic mass is 16.6. The molecule has 0 aliphatic carbocycles. The van der Waals surface area contributed by atoms with Crippen LogP contribution < -0.4 is 16.0 Å². The minimum atomic E-state index is -0.555. The minimum absolute atomic E-state index is 0.268. The lowest BCUT2D eigenvalue weighted by Crippen LogP contribution is -2.44. The van der Waals surface area contributed by atoms with Crippen LogP contribution in [0.3, 0.4) is 0 Å². The second kappa shape index (κ2) is 10.9. The number of hydrogen-bond donors (Lipinski definition) is 3. The highest BCUT2D eigenvalue weighted by Crippen LogP contribution is 2.14. The minimum Gasteiger partial charge on any atom is -0.444 e. The summed E-state index contributed by atoms with van der Waals surface area (Å²) in [7, 11) is 1.67. The van der Waals surface area contributed by atoms with E-state index in [0.29, 0.717) is 19.0 Å². The third kappa shape index (κ3) is 9.60. The standard InChI is InChI=1S/C21H36N4O3/c1-8-22-18(24-15-21(5,6)27-7)23-14-17(16-12-10-9-11-13-16)25-19(26)28-20(2,3)4/h9-13,17H,8,14-15H2,1-7H3,(H,25,26)(H2,22,23,24). The monoisotopic (exact) mass is 392 g/mol. The molecule has 1 aromatic carbocycles. The van der Waals surface area contributed by atoms with Crippen LogP contribution in [0.25, 0.3) is 0 Å². The van der Waals surface area contributed by atoms with E-state index in [4.69, 9.17) is 9.47 Å². The van der Waals surface area contributed by atoms with Crippen LogP contribution in [0.4, 0.5) is 4.79 Å². The molecule has 0 aliphatic rings. The summed E-state index contributed by atoms with van der Waals surface area (Å²) >= 11 is 0. The van der Waals surface area contributed by atoms with Gasteiger partial charge < -0.3 is 25.4 Å². The predicted octanol–water partition coefficient (Wildman–Crippen LogP) is 3.23. The molecule has 0 aromatic heterocycles. The van der Waals surface area contributed by atoms with Crippen molar-refractivity contribution in [3.8, 4) is 0 Å². The SMILES string of the molecule is CCNC(=NCC(C)(C)OC)NCC(NC(=O)OC(C)(C)C)c1ccccc1. The summed E-state index contributed by atoms with van der Waals surface area (Å²) < 4.78 is 10.8. The van der Waals surface area contributed by atoms with Gasteiger partial charge in [0.25, 0.3) is 0 Å². The number of carbonyl (C=O) groups is 1. The first-order valence-electron chi connectivity index (χ1n) is 9.68. The zero-order chi connectivity index (χ0) is 21.2. The lowest BCUT2D eigenvalue weighted by atomic mass is 10.1. The van der Waals surface area contributed by atoms with Crippen LogP contribution >= 0.6 is 0 Å². The molecule has 0 fully saturated rings. The van der Waals surface area contributed by atoms with Crippen LogP contribution in [0.2, 0.25) is 0 Å². The number of rotatable bonds is 8. The number of benzene rings is 1. The number of nitrogens with zero attached hydrogens (tertiary/aromatic N) is 1. The Balaban J connectivity index is 2.86. The summed E-state index contributed by atoms with van der Waals surface area (Å²) in [5, 5.41) is 9.45. The van der Waals surface area contributed by atoms with Crippen molar-refractivity contribution in [2.45, 2.75) is 58.8 Å². The Kier molecular flexibility index (Phi) is 9.25. The van der Waals surface area contributed by atoms with Crippen LogP contribution in [-0.4, -0.2) is 50.0 Å². The van der Waals surface area contributed by atoms with Gasteiger partial charge in [0.1, 0.15) is 5.60 Å². The topological polar surface area (TPSA) is 84.0 Å². The van der Waals surface area contributed by atoms with Gasteiger partial charge in [-0.3, -0.25) is 4.99 Å². The van der Waals surface area contributed by atoms with Gasteiger partial charge in [-0.05, 0) is 47.1 Å². The Morgan fingerprint density at radius 3 is 2.29 bits per heavy atom. The van der Waals surface area contributed by atoms with Crippen LogP contribution in [0.1, 0.15) is 53.1 Å². The van der Waals surface area contributed by atoms with Gasteiger partial charge in [-0.25, -0.2) is 4.79 Å². The Hall–Kier alpha value is -2.28. The fourth-order valence-electron chi connectivity index (χ4n) is 2.26. The molecular formula is C21H36N4O3. The van der Waals surface area contributed by atoms with E-state index in [1.54, 1.807) is 7.11 Å². The van der Waals surface area contributed by atoms with Crippen molar-refractivity contribution in [1.82, 2.24) is 16.0 Å². The van der Waals surface area contributed by atoms with E-state index in [1.165, 1.54) is 0 Å². The summed E-state index contributed by atoms with van der Waals surface area (Å²) in [6, 6.07) is 9.51. The van der Waals surface area contributed by atoms with Crippen LogP contribution in [0.5, 0.6) is 0 Å². The Morgan fingerprint density at radius 2 is 1.75 bits per heavy atom. The molecule has 0 bridgehead atoms. The lowest BCUT2D eigenvalue weighted by Gasteiger charge is -2.25. The molecule has 0 spiro atoms. The molecule has 3 N–H and O–H groups in total. The number of hydrogen-bond acceptors (Lipinski definition) is 4. The van der Waals surface area contributed by atoms with Crippen molar-refractivity contribution in [2.75, 3.05) is 26.7 Å². The number of guanidine groups is 1. The van der Waals surface area contributed by atoms with Gasteiger partial charge in [-0.15, -0.1) is 0 Å². The molecule has 28 heavy (non-hydrogen) atoms. The third-order valence-corrected chi connectivity index (χ3v) is 3.88. The molecule has 1 atom stereocenters. The van der Waals surface area contributed by atoms with E-state index in [2.05, 4.69) is 20.9 Å². The van der Waals surface area contributed by atoms with E-state index in [1.807, 2.05) is 71.9 Å². The largest absolute Gasteiger partial charge is 0.444 e. The molecule has 0 heterocycles. The zero-order valence-corrected chi connectivity index (χ0v) is 18.3. The summed E-state index contributed by atoms with van der Waals surface area (Å²) in [6.07, 6.45) is -0.453. The Morgan fingerprint density at radius 1 is 1.11 bits per heavy atom. The molecule has 0 saturated carbocycles. The molecule has 7 nitrogen and oxygen atoms in total. The van der Waals surface area contributed by atoms with Crippen molar-refractivity contribution >= 4 is 12.1 Å². The summed E-state index contributed by atoms with van der Waals surface area (Å²) in [5.41, 5.74) is 0.0746. The fraction of sp³-hybridized carbons (Fsp3) is 0.619. The molecule has 1 amide bonds. The first-order valence-corrected chi connectivity index (χ1v) is 9.68. The van der Waals surface area contributed by atoms with Gasteiger partial charge in [0, 0.05) is 20.2 Å². The van der Waals surface area contributed by atoms with Gasteiger partial charge in [0.05, 0.1) is 18.2 Å². The Labute approximate surface area is 169 Å². The average molecular weight is 393 g/mol. The van der Waals surface area contributed by atoms with Crippen LogP contribution in [0, 0.1) is 0 Å². The smallest absolute Gasteiger partial charge is 0.408 e. The highest BCUT2D eigenvalue weighted by molar-refractivity contribution is 5.80. The van der Waals surface area contributed by atoms with Crippen molar-refractivity contribution in [2.24, 2.45) is 4.99 Å². The van der Waals surface area contributed by atoms with Gasteiger partial charge in [-0.2, -0.15) is 0 Å². The molecule has 0 saturated heterocycles. The second-order valence-corrected chi connectivity index (χ2v) is 8.15. The summed E-state index contributed by atoms with van der Waals surface area (Å²) in [4.78, 5) is 16.9. The van der Waals surface area contributed by atoms with Gasteiger partial charge in [0.15, 0.2) is 5.96 Å². The average Bonchev–Trinajstić information content (AvgIpc) is 2.62. The molecule has 1 unspecified atom stereocenters. The fourth-order valence-corrected chi connectivity index (χ4v) is 2.26. The maximum Gasteiger partial charge on any atom is 0.408 e. The molecule has 1 aromatic rings. The normalized spacial score (nSPS) is 13.6. The number of aliphatic imine (C=N–C) groups is 1. The number of amides is 1. The molecule has 158 valence electrons. The van der Waals surface area contributed by atoms with E-state index in [0.717, 1.165) is 12.1 Å². The molecule has 1 rings (SSSR count). The van der Waals surface area contributed by atoms with Crippen LogP contribution in [0.15, 0.2) is 35.3 Å². The Bertz CT molecular complexity index is 624. The maximum absolute atomic E-state index is 12.3. The number of nitrogens with one attached hydrogen (secondary N) is 3. The van der Waals surface area contributed by atoms with Crippen LogP contribution in [-0.2, 0) is 9.47 Å². The van der Waals surface area contributed by atoms with E-state index in [-0.39, 0.29) is 11.6 Å². The first kappa shape index (κ1) is 23.8. The maximum atomic E-state index is 12.3. The van der Waals surface area contributed by atoms with E-state index >= 15 is 0 Å². The predicted molar refractivity (Wildman–Crippen MR) is 114 cm³/mol. The van der Waals surface area contributed by atoms with Gasteiger partial charge in [0.2, 0.25) is 0 Å². The third-order valence-electron chi connectivity index (χ3n) is 3.88. The molecule has 0 radical (unpaired) electrons. The van der Waals surface area contributed by atoms with E-state index < -0.39 is 11.7 Å². The number of alkyl carbamates (subject to hydrolysis) is 1. The summed E-state index contributed by atoms with van der Waals surface area (Å²) in [5.74, 6) is 0.666. The first-order chi connectivity index (χ1) is 13.1. The number of carbonyl (C=O) groups excluding carboxylic acids is 1. The van der Waals surface area contributed by atoms with E-state index in [9.17, 15) is 4.79 Å². The van der Waals surface area contributed by atoms with Crippen molar-refractivity contribution in [3.63, 3.8) is 0 Å². The summed E-state index contributed by atoms with van der Waals surface area (Å²) in [6.45, 7) is 13.2.